The quantitative estimate of drug-likeness (QED) is 0.297. The van der Waals surface area contributed by atoms with Crippen LogP contribution in [0.15, 0.2) is 18.2 Å². The molecule has 4 fully saturated rings. The summed E-state index contributed by atoms with van der Waals surface area (Å²) >= 11 is 0. The van der Waals surface area contributed by atoms with Crippen molar-refractivity contribution in [1.29, 1.82) is 0 Å². The minimum absolute atomic E-state index is 0. The molecule has 9 heteroatoms. The molecule has 0 atom stereocenters. The van der Waals surface area contributed by atoms with Crippen LogP contribution in [-0.4, -0.2) is 78.2 Å². The highest BCUT2D eigenvalue weighted by Crippen LogP contribution is 2.32. The van der Waals surface area contributed by atoms with Crippen molar-refractivity contribution in [2.24, 2.45) is 0 Å². The first-order chi connectivity index (χ1) is 12.0. The Morgan fingerprint density at radius 1 is 1.08 bits per heavy atom. The summed E-state index contributed by atoms with van der Waals surface area (Å²) in [7, 11) is 1.32. The SMILES string of the molecule is COC(=O)c1ccc(C[N+]23CN4CN(CN(C4)C2)C3)cc1OC(C)=O.[Br-]. The number of rotatable bonds is 4. The van der Waals surface area contributed by atoms with Crippen LogP contribution in [0.2, 0.25) is 0 Å². The van der Waals surface area contributed by atoms with E-state index >= 15 is 0 Å². The van der Waals surface area contributed by atoms with E-state index < -0.39 is 11.9 Å². The zero-order valence-electron chi connectivity index (χ0n) is 15.0. The molecule has 5 rings (SSSR count). The van der Waals surface area contributed by atoms with Gasteiger partial charge in [0.05, 0.1) is 27.1 Å². The van der Waals surface area contributed by atoms with Gasteiger partial charge in [-0.05, 0) is 12.1 Å². The molecule has 4 heterocycles. The van der Waals surface area contributed by atoms with Crippen LogP contribution in [-0.2, 0) is 16.1 Å². The molecule has 0 aromatic heterocycles. The average molecular weight is 427 g/mol. The Hall–Kier alpha value is -1.52. The van der Waals surface area contributed by atoms with Gasteiger partial charge in [-0.1, -0.05) is 6.07 Å². The zero-order chi connectivity index (χ0) is 17.6. The highest BCUT2D eigenvalue weighted by atomic mass is 79.9. The van der Waals surface area contributed by atoms with E-state index in [4.69, 9.17) is 9.47 Å². The summed E-state index contributed by atoms with van der Waals surface area (Å²) in [6, 6.07) is 5.41. The number of carbonyl (C=O) groups is 2. The second-order valence-electron chi connectivity index (χ2n) is 7.28. The second-order valence-corrected chi connectivity index (χ2v) is 7.28. The molecule has 0 unspecified atom stereocenters. The Bertz CT molecular complexity index is 691. The number of carbonyl (C=O) groups excluding carboxylic acids is 2. The van der Waals surface area contributed by atoms with Crippen molar-refractivity contribution < 1.29 is 40.5 Å². The van der Waals surface area contributed by atoms with Crippen LogP contribution in [0.3, 0.4) is 0 Å². The monoisotopic (exact) mass is 426 g/mol. The van der Waals surface area contributed by atoms with Gasteiger partial charge in [-0.2, -0.15) is 0 Å². The summed E-state index contributed by atoms with van der Waals surface area (Å²) in [5, 5.41) is 0. The molecule has 0 radical (unpaired) electrons. The van der Waals surface area contributed by atoms with Gasteiger partial charge >= 0.3 is 11.9 Å². The number of hydrogen-bond acceptors (Lipinski definition) is 7. The van der Waals surface area contributed by atoms with E-state index in [0.29, 0.717) is 0 Å². The number of hydrogen-bond donors (Lipinski definition) is 0. The van der Waals surface area contributed by atoms with Crippen LogP contribution in [0.4, 0.5) is 0 Å². The first kappa shape index (κ1) is 19.2. The Morgan fingerprint density at radius 2 is 1.65 bits per heavy atom. The molecule has 1 aromatic rings. The molecule has 4 bridgehead atoms. The lowest BCUT2D eigenvalue weighted by Gasteiger charge is -2.60. The Balaban J connectivity index is 0.00000196. The third-order valence-electron chi connectivity index (χ3n) is 4.92. The van der Waals surface area contributed by atoms with Crippen molar-refractivity contribution >= 4 is 11.9 Å². The smallest absolute Gasteiger partial charge is 0.341 e. The standard InChI is InChI=1S/C17H23N4O4.BrH/c1-13(22)25-16-5-14(3-4-15(16)17(23)24-2)6-21-10-18-7-19(11-21)9-20(8-18)12-21;/h3-5H,6-12H2,1-2H3;1H/q+1;/p-1. The lowest BCUT2D eigenvalue weighted by atomic mass is 10.1. The summed E-state index contributed by atoms with van der Waals surface area (Å²) in [4.78, 5) is 30.7. The van der Waals surface area contributed by atoms with Crippen molar-refractivity contribution in [1.82, 2.24) is 14.7 Å². The Labute approximate surface area is 163 Å². The molecule has 4 aliphatic rings. The fourth-order valence-electron chi connectivity index (χ4n) is 4.38. The highest BCUT2D eigenvalue weighted by Gasteiger charge is 2.48. The molecule has 0 saturated carbocycles. The maximum absolute atomic E-state index is 11.9. The largest absolute Gasteiger partial charge is 1.00 e. The minimum atomic E-state index is -0.504. The summed E-state index contributed by atoms with van der Waals surface area (Å²) in [6.07, 6.45) is 0. The first-order valence-electron chi connectivity index (χ1n) is 8.38. The van der Waals surface area contributed by atoms with Gasteiger partial charge in [-0.3, -0.25) is 9.28 Å². The normalized spacial score (nSPS) is 31.2. The summed E-state index contributed by atoms with van der Waals surface area (Å²) in [6.45, 7) is 8.34. The highest BCUT2D eigenvalue weighted by molar-refractivity contribution is 5.93. The van der Waals surface area contributed by atoms with Crippen LogP contribution in [0.25, 0.3) is 0 Å². The predicted octanol–water partition coefficient (Wildman–Crippen LogP) is -2.59. The maximum atomic E-state index is 11.9. The molecule has 4 aliphatic heterocycles. The van der Waals surface area contributed by atoms with Crippen molar-refractivity contribution in [3.05, 3.63) is 29.3 Å². The fourth-order valence-corrected chi connectivity index (χ4v) is 4.38. The number of nitrogens with zero attached hydrogens (tertiary/aromatic N) is 4. The third kappa shape index (κ3) is 3.63. The molecular formula is C17H23BrN4O4. The van der Waals surface area contributed by atoms with Gasteiger partial charge < -0.3 is 26.5 Å². The molecule has 0 N–H and O–H groups in total. The number of ether oxygens (including phenoxy) is 2. The third-order valence-corrected chi connectivity index (χ3v) is 4.92. The summed E-state index contributed by atoms with van der Waals surface area (Å²) in [5.74, 6) is -0.683. The molecule has 0 amide bonds. The van der Waals surface area contributed by atoms with E-state index in [1.54, 1.807) is 12.1 Å². The number of esters is 2. The van der Waals surface area contributed by atoms with Crippen molar-refractivity contribution in [2.45, 2.75) is 13.5 Å². The average Bonchev–Trinajstić information content (AvgIpc) is 2.52. The molecule has 0 aliphatic carbocycles. The van der Waals surface area contributed by atoms with E-state index in [9.17, 15) is 9.59 Å². The second kappa shape index (κ2) is 7.24. The molecule has 1 aromatic carbocycles. The van der Waals surface area contributed by atoms with E-state index in [2.05, 4.69) is 14.7 Å². The lowest BCUT2D eigenvalue weighted by molar-refractivity contribution is -0.991. The van der Waals surface area contributed by atoms with Gasteiger partial charge in [0.15, 0.2) is 0 Å². The fraction of sp³-hybridized carbons (Fsp3) is 0.529. The van der Waals surface area contributed by atoms with Crippen LogP contribution in [0.5, 0.6) is 5.75 Å². The van der Waals surface area contributed by atoms with Crippen molar-refractivity contribution in [2.75, 3.05) is 47.1 Å². The van der Waals surface area contributed by atoms with Crippen LogP contribution < -0.4 is 21.7 Å². The van der Waals surface area contributed by atoms with Gasteiger partial charge in [0.2, 0.25) is 0 Å². The van der Waals surface area contributed by atoms with E-state index in [1.807, 2.05) is 6.07 Å². The van der Waals surface area contributed by atoms with Gasteiger partial charge in [0, 0.05) is 12.5 Å². The predicted molar refractivity (Wildman–Crippen MR) is 87.8 cm³/mol. The lowest BCUT2D eigenvalue weighted by Crippen LogP contribution is -3.00. The number of quaternary nitrogens is 1. The van der Waals surface area contributed by atoms with Crippen LogP contribution >= 0.6 is 0 Å². The maximum Gasteiger partial charge on any atom is 0.341 e. The molecule has 142 valence electrons. The Kier molecular flexibility index (Phi) is 5.36. The summed E-state index contributed by atoms with van der Waals surface area (Å²) < 4.78 is 11.0. The molecule has 0 spiro atoms. The molecule has 26 heavy (non-hydrogen) atoms. The Morgan fingerprint density at radius 3 is 2.15 bits per heavy atom. The van der Waals surface area contributed by atoms with Gasteiger partial charge in [0.1, 0.15) is 37.9 Å². The molecule has 8 nitrogen and oxygen atoms in total. The number of benzene rings is 1. The van der Waals surface area contributed by atoms with Crippen LogP contribution in [0.1, 0.15) is 22.8 Å². The first-order valence-corrected chi connectivity index (χ1v) is 8.38. The minimum Gasteiger partial charge on any atom is -1.00 e. The van der Waals surface area contributed by atoms with Gasteiger partial charge in [-0.25, -0.2) is 19.5 Å². The van der Waals surface area contributed by atoms with Gasteiger partial charge in [-0.15, -0.1) is 0 Å². The molecule has 4 saturated heterocycles. The van der Waals surface area contributed by atoms with Crippen molar-refractivity contribution in [3.8, 4) is 5.75 Å². The van der Waals surface area contributed by atoms with E-state index in [-0.39, 0.29) is 28.3 Å². The van der Waals surface area contributed by atoms with E-state index in [1.165, 1.54) is 14.0 Å². The van der Waals surface area contributed by atoms with Crippen LogP contribution in [0, 0.1) is 0 Å². The van der Waals surface area contributed by atoms with E-state index in [0.717, 1.165) is 56.6 Å². The summed E-state index contributed by atoms with van der Waals surface area (Å²) in [5.41, 5.74) is 1.32. The van der Waals surface area contributed by atoms with Gasteiger partial charge in [0.25, 0.3) is 0 Å². The van der Waals surface area contributed by atoms with Crippen molar-refractivity contribution in [3.63, 3.8) is 0 Å². The zero-order valence-corrected chi connectivity index (χ0v) is 16.6. The number of methoxy groups -OCH3 is 1. The topological polar surface area (TPSA) is 62.3 Å². The molecular weight excluding hydrogens is 404 g/mol. The number of halogens is 1.